The maximum Gasteiger partial charge on any atom is 0.252 e. The highest BCUT2D eigenvalue weighted by Gasteiger charge is 2.20. The number of hydrogen-bond acceptors (Lipinski definition) is 3. The predicted octanol–water partition coefficient (Wildman–Crippen LogP) is 3.19. The van der Waals surface area contributed by atoms with Crippen molar-refractivity contribution in [2.75, 3.05) is 23.7 Å². The topological polar surface area (TPSA) is 66.5 Å². The number of benzene rings is 2. The standard InChI is InChI=1S/C16H16Cl2N2O3S/c1-24(22,23)20(15-9-5-4-8-14(15)18)11-10-19-16(21)12-6-2-3-7-13(12)17/h2-9H,10-11H2,1H3,(H,19,21). The van der Waals surface area contributed by atoms with Crippen molar-refractivity contribution in [1.29, 1.82) is 0 Å². The monoisotopic (exact) mass is 386 g/mol. The van der Waals surface area contributed by atoms with Crippen LogP contribution in [0.3, 0.4) is 0 Å². The summed E-state index contributed by atoms with van der Waals surface area (Å²) in [6, 6.07) is 13.3. The first-order chi connectivity index (χ1) is 11.3. The highest BCUT2D eigenvalue weighted by molar-refractivity contribution is 7.92. The van der Waals surface area contributed by atoms with Crippen molar-refractivity contribution < 1.29 is 13.2 Å². The second kappa shape index (κ2) is 7.88. The smallest absolute Gasteiger partial charge is 0.252 e. The number of nitrogens with one attached hydrogen (secondary N) is 1. The van der Waals surface area contributed by atoms with E-state index in [1.54, 1.807) is 48.5 Å². The van der Waals surface area contributed by atoms with E-state index < -0.39 is 10.0 Å². The summed E-state index contributed by atoms with van der Waals surface area (Å²) in [4.78, 5) is 12.1. The number of carbonyl (C=O) groups excluding carboxylic acids is 1. The third-order valence-electron chi connectivity index (χ3n) is 3.24. The number of anilines is 1. The fourth-order valence-corrected chi connectivity index (χ4v) is 3.58. The van der Waals surface area contributed by atoms with Crippen molar-refractivity contribution in [3.63, 3.8) is 0 Å². The number of para-hydroxylation sites is 1. The molecule has 0 radical (unpaired) electrons. The summed E-state index contributed by atoms with van der Waals surface area (Å²) >= 11 is 12.0. The van der Waals surface area contributed by atoms with E-state index in [0.29, 0.717) is 21.3 Å². The Hall–Kier alpha value is -1.76. The van der Waals surface area contributed by atoms with Crippen LogP contribution < -0.4 is 9.62 Å². The summed E-state index contributed by atoms with van der Waals surface area (Å²) < 4.78 is 25.2. The Kier molecular flexibility index (Phi) is 6.10. The summed E-state index contributed by atoms with van der Waals surface area (Å²) in [5, 5.41) is 3.31. The molecule has 0 aromatic heterocycles. The molecular weight excluding hydrogens is 371 g/mol. The van der Waals surface area contributed by atoms with Gasteiger partial charge in [-0.1, -0.05) is 47.5 Å². The number of nitrogens with zero attached hydrogens (tertiary/aromatic N) is 1. The maximum absolute atomic E-state index is 12.1. The Morgan fingerprint density at radius 2 is 1.62 bits per heavy atom. The largest absolute Gasteiger partial charge is 0.350 e. The Morgan fingerprint density at radius 1 is 1.04 bits per heavy atom. The Bertz CT molecular complexity index is 841. The van der Waals surface area contributed by atoms with E-state index in [1.807, 2.05) is 0 Å². The average molecular weight is 387 g/mol. The number of carbonyl (C=O) groups is 1. The second-order valence-electron chi connectivity index (χ2n) is 5.02. The van der Waals surface area contributed by atoms with Gasteiger partial charge in [0.2, 0.25) is 10.0 Å². The lowest BCUT2D eigenvalue weighted by Crippen LogP contribution is -2.38. The Labute approximate surface area is 151 Å². The van der Waals surface area contributed by atoms with Crippen LogP contribution in [0.4, 0.5) is 5.69 Å². The van der Waals surface area contributed by atoms with Crippen LogP contribution >= 0.6 is 23.2 Å². The fourth-order valence-electron chi connectivity index (χ4n) is 2.13. The first-order valence-electron chi connectivity index (χ1n) is 7.05. The van der Waals surface area contributed by atoms with E-state index in [2.05, 4.69) is 5.32 Å². The van der Waals surface area contributed by atoms with Crippen LogP contribution in [0.25, 0.3) is 0 Å². The molecule has 0 saturated heterocycles. The minimum absolute atomic E-state index is 0.0543. The predicted molar refractivity (Wildman–Crippen MR) is 97.4 cm³/mol. The average Bonchev–Trinajstić information content (AvgIpc) is 2.52. The SMILES string of the molecule is CS(=O)(=O)N(CCNC(=O)c1ccccc1Cl)c1ccccc1Cl. The highest BCUT2D eigenvalue weighted by atomic mass is 35.5. The van der Waals surface area contributed by atoms with Gasteiger partial charge in [0.25, 0.3) is 5.91 Å². The molecule has 0 aliphatic carbocycles. The van der Waals surface area contributed by atoms with E-state index in [1.165, 1.54) is 0 Å². The molecule has 0 bridgehead atoms. The lowest BCUT2D eigenvalue weighted by Gasteiger charge is -2.23. The van der Waals surface area contributed by atoms with Crippen molar-refractivity contribution in [1.82, 2.24) is 5.32 Å². The molecule has 0 saturated carbocycles. The normalized spacial score (nSPS) is 11.1. The lowest BCUT2D eigenvalue weighted by atomic mass is 10.2. The maximum atomic E-state index is 12.1. The second-order valence-corrected chi connectivity index (χ2v) is 7.74. The molecule has 0 aliphatic heterocycles. The molecular formula is C16H16Cl2N2O3S. The van der Waals surface area contributed by atoms with Crippen molar-refractivity contribution in [2.45, 2.75) is 0 Å². The van der Waals surface area contributed by atoms with Gasteiger partial charge in [0.1, 0.15) is 0 Å². The summed E-state index contributed by atoms with van der Waals surface area (Å²) in [5.74, 6) is -0.367. The minimum Gasteiger partial charge on any atom is -0.350 e. The first-order valence-corrected chi connectivity index (χ1v) is 9.66. The minimum atomic E-state index is -3.54. The van der Waals surface area contributed by atoms with E-state index in [4.69, 9.17) is 23.2 Å². The van der Waals surface area contributed by atoms with Crippen LogP contribution in [0.2, 0.25) is 10.0 Å². The molecule has 24 heavy (non-hydrogen) atoms. The van der Waals surface area contributed by atoms with E-state index in [0.717, 1.165) is 10.6 Å². The van der Waals surface area contributed by atoms with Crippen molar-refractivity contribution in [3.05, 3.63) is 64.1 Å². The van der Waals surface area contributed by atoms with Gasteiger partial charge >= 0.3 is 0 Å². The molecule has 0 atom stereocenters. The quantitative estimate of drug-likeness (QED) is 0.828. The van der Waals surface area contributed by atoms with Crippen LogP contribution in [0.5, 0.6) is 0 Å². The van der Waals surface area contributed by atoms with Gasteiger partial charge < -0.3 is 5.32 Å². The number of halogens is 2. The molecule has 1 amide bonds. The highest BCUT2D eigenvalue weighted by Crippen LogP contribution is 2.26. The van der Waals surface area contributed by atoms with Crippen molar-refractivity contribution >= 4 is 44.8 Å². The molecule has 0 spiro atoms. The Balaban J connectivity index is 2.09. The van der Waals surface area contributed by atoms with Gasteiger partial charge in [-0.3, -0.25) is 9.10 Å². The van der Waals surface area contributed by atoms with Crippen LogP contribution in [0.1, 0.15) is 10.4 Å². The zero-order chi connectivity index (χ0) is 17.7. The third kappa shape index (κ3) is 4.63. The van der Waals surface area contributed by atoms with Crippen LogP contribution in [-0.4, -0.2) is 33.7 Å². The molecule has 5 nitrogen and oxygen atoms in total. The molecule has 8 heteroatoms. The van der Waals surface area contributed by atoms with Crippen LogP contribution in [0.15, 0.2) is 48.5 Å². The first kappa shape index (κ1) is 18.6. The summed E-state index contributed by atoms with van der Waals surface area (Å²) in [6.45, 7) is 0.168. The van der Waals surface area contributed by atoms with Gasteiger partial charge in [0.05, 0.1) is 34.1 Å². The van der Waals surface area contributed by atoms with Crippen molar-refractivity contribution in [2.24, 2.45) is 0 Å². The number of hydrogen-bond donors (Lipinski definition) is 1. The van der Waals surface area contributed by atoms with E-state index in [9.17, 15) is 13.2 Å². The van der Waals surface area contributed by atoms with Crippen LogP contribution in [-0.2, 0) is 10.0 Å². The molecule has 128 valence electrons. The van der Waals surface area contributed by atoms with Gasteiger partial charge in [-0.05, 0) is 24.3 Å². The Morgan fingerprint density at radius 3 is 2.21 bits per heavy atom. The molecule has 2 aromatic rings. The number of amides is 1. The van der Waals surface area contributed by atoms with E-state index >= 15 is 0 Å². The number of sulfonamides is 1. The number of rotatable bonds is 6. The van der Waals surface area contributed by atoms with Gasteiger partial charge in [-0.15, -0.1) is 0 Å². The van der Waals surface area contributed by atoms with Gasteiger partial charge in [0, 0.05) is 6.54 Å². The molecule has 0 aliphatic rings. The zero-order valence-corrected chi connectivity index (χ0v) is 15.2. The summed E-state index contributed by atoms with van der Waals surface area (Å²) in [6.07, 6.45) is 1.09. The summed E-state index contributed by atoms with van der Waals surface area (Å²) in [5.41, 5.74) is 0.705. The lowest BCUT2D eigenvalue weighted by molar-refractivity contribution is 0.0955. The molecule has 0 fully saturated rings. The fraction of sp³-hybridized carbons (Fsp3) is 0.188. The van der Waals surface area contributed by atoms with Gasteiger partial charge in [-0.25, -0.2) is 8.42 Å². The molecule has 0 unspecified atom stereocenters. The van der Waals surface area contributed by atoms with Crippen molar-refractivity contribution in [3.8, 4) is 0 Å². The van der Waals surface area contributed by atoms with E-state index in [-0.39, 0.29) is 19.0 Å². The van der Waals surface area contributed by atoms with Crippen LogP contribution in [0, 0.1) is 0 Å². The summed E-state index contributed by atoms with van der Waals surface area (Å²) in [7, 11) is -3.54. The molecule has 0 heterocycles. The molecule has 2 rings (SSSR count). The van der Waals surface area contributed by atoms with Gasteiger partial charge in [0.15, 0.2) is 0 Å². The van der Waals surface area contributed by atoms with Gasteiger partial charge in [-0.2, -0.15) is 0 Å². The molecule has 1 N–H and O–H groups in total. The third-order valence-corrected chi connectivity index (χ3v) is 5.07. The zero-order valence-electron chi connectivity index (χ0n) is 12.9. The molecule has 2 aromatic carbocycles.